The van der Waals surface area contributed by atoms with E-state index in [0.29, 0.717) is 11.7 Å². The Hall–Kier alpha value is -1.39. The molecule has 14 heavy (non-hydrogen) atoms. The molecule has 3 N–H and O–H groups in total. The lowest BCUT2D eigenvalue weighted by Gasteiger charge is -2.20. The SMILES string of the molecule is Nc1nc(C2CCCCC2)[nH]c(=O)n1. The second-order valence-electron chi connectivity index (χ2n) is 3.73. The van der Waals surface area contributed by atoms with E-state index in [4.69, 9.17) is 5.73 Å². The Morgan fingerprint density at radius 2 is 1.93 bits per heavy atom. The highest BCUT2D eigenvalue weighted by molar-refractivity contribution is 5.14. The largest absolute Gasteiger partial charge is 0.368 e. The summed E-state index contributed by atoms with van der Waals surface area (Å²) in [6.07, 6.45) is 5.87. The Morgan fingerprint density at radius 3 is 2.57 bits per heavy atom. The van der Waals surface area contributed by atoms with Gasteiger partial charge in [0.25, 0.3) is 0 Å². The zero-order valence-electron chi connectivity index (χ0n) is 7.99. The fourth-order valence-corrected chi connectivity index (χ4v) is 1.99. The van der Waals surface area contributed by atoms with Crippen LogP contribution in [0.3, 0.4) is 0 Å². The van der Waals surface area contributed by atoms with Crippen LogP contribution in [0.2, 0.25) is 0 Å². The maximum absolute atomic E-state index is 11.1. The fraction of sp³-hybridized carbons (Fsp3) is 0.667. The van der Waals surface area contributed by atoms with Crippen LogP contribution in [0.15, 0.2) is 4.79 Å². The summed E-state index contributed by atoms with van der Waals surface area (Å²) in [6, 6.07) is 0. The van der Waals surface area contributed by atoms with Gasteiger partial charge < -0.3 is 5.73 Å². The number of hydrogen-bond donors (Lipinski definition) is 2. The van der Waals surface area contributed by atoms with Crippen molar-refractivity contribution in [3.8, 4) is 0 Å². The summed E-state index contributed by atoms with van der Waals surface area (Å²) >= 11 is 0. The molecule has 1 aromatic heterocycles. The number of nitrogens with two attached hydrogens (primary N) is 1. The lowest BCUT2D eigenvalue weighted by atomic mass is 9.89. The first-order valence-corrected chi connectivity index (χ1v) is 4.99. The number of aromatic amines is 1. The van der Waals surface area contributed by atoms with Crippen LogP contribution in [0, 0.1) is 0 Å². The number of anilines is 1. The van der Waals surface area contributed by atoms with E-state index in [0.717, 1.165) is 12.8 Å². The van der Waals surface area contributed by atoms with Gasteiger partial charge in [0.2, 0.25) is 5.95 Å². The Bertz CT molecular complexity index is 367. The second-order valence-corrected chi connectivity index (χ2v) is 3.73. The molecule has 0 radical (unpaired) electrons. The van der Waals surface area contributed by atoms with Crippen molar-refractivity contribution < 1.29 is 0 Å². The van der Waals surface area contributed by atoms with Crippen molar-refractivity contribution in [3.63, 3.8) is 0 Å². The normalized spacial score (nSPS) is 18.3. The molecular formula is C9H14N4O. The van der Waals surface area contributed by atoms with Crippen molar-refractivity contribution >= 4 is 5.95 Å². The number of nitrogens with one attached hydrogen (secondary N) is 1. The van der Waals surface area contributed by atoms with Gasteiger partial charge in [-0.3, -0.25) is 4.98 Å². The van der Waals surface area contributed by atoms with Crippen LogP contribution in [0.25, 0.3) is 0 Å². The van der Waals surface area contributed by atoms with Crippen LogP contribution in [0.4, 0.5) is 5.95 Å². The van der Waals surface area contributed by atoms with Crippen LogP contribution >= 0.6 is 0 Å². The molecule has 0 bridgehead atoms. The zero-order valence-corrected chi connectivity index (χ0v) is 7.99. The average Bonchev–Trinajstić information content (AvgIpc) is 2.18. The maximum Gasteiger partial charge on any atom is 0.349 e. The van der Waals surface area contributed by atoms with E-state index in [9.17, 15) is 4.79 Å². The Balaban J connectivity index is 2.26. The second kappa shape index (κ2) is 3.77. The first-order chi connectivity index (χ1) is 6.75. The van der Waals surface area contributed by atoms with Gasteiger partial charge in [-0.15, -0.1) is 0 Å². The standard InChI is InChI=1S/C9H14N4O/c10-8-11-7(12-9(14)13-8)6-4-2-1-3-5-6/h6H,1-5H2,(H3,10,11,12,13,14). The van der Waals surface area contributed by atoms with Gasteiger partial charge in [-0.05, 0) is 12.8 Å². The number of nitrogen functional groups attached to an aromatic ring is 1. The lowest BCUT2D eigenvalue weighted by molar-refractivity contribution is 0.427. The summed E-state index contributed by atoms with van der Waals surface area (Å²) in [5.41, 5.74) is 5.03. The summed E-state index contributed by atoms with van der Waals surface area (Å²) in [5.74, 6) is 1.15. The highest BCUT2D eigenvalue weighted by Gasteiger charge is 2.18. The predicted octanol–water partition coefficient (Wildman–Crippen LogP) is 0.795. The smallest absolute Gasteiger partial charge is 0.349 e. The van der Waals surface area contributed by atoms with Crippen LogP contribution in [0.1, 0.15) is 43.8 Å². The number of nitrogens with zero attached hydrogens (tertiary/aromatic N) is 2. The van der Waals surface area contributed by atoms with Crippen molar-refractivity contribution in [1.29, 1.82) is 0 Å². The highest BCUT2D eigenvalue weighted by atomic mass is 16.1. The lowest BCUT2D eigenvalue weighted by Crippen LogP contribution is -2.20. The third-order valence-electron chi connectivity index (χ3n) is 2.68. The van der Waals surface area contributed by atoms with E-state index in [1.54, 1.807) is 0 Å². The van der Waals surface area contributed by atoms with Gasteiger partial charge in [-0.25, -0.2) is 4.79 Å². The van der Waals surface area contributed by atoms with Gasteiger partial charge in [-0.2, -0.15) is 9.97 Å². The van der Waals surface area contributed by atoms with Crippen molar-refractivity contribution in [2.45, 2.75) is 38.0 Å². The molecule has 76 valence electrons. The average molecular weight is 194 g/mol. The van der Waals surface area contributed by atoms with Crippen LogP contribution < -0.4 is 11.4 Å². The molecule has 5 nitrogen and oxygen atoms in total. The minimum atomic E-state index is -0.391. The zero-order chi connectivity index (χ0) is 9.97. The maximum atomic E-state index is 11.1. The molecule has 0 saturated heterocycles. The number of H-pyrrole nitrogens is 1. The van der Waals surface area contributed by atoms with Crippen LogP contribution in [0.5, 0.6) is 0 Å². The van der Waals surface area contributed by atoms with Gasteiger partial charge in [0, 0.05) is 5.92 Å². The molecule has 0 aliphatic heterocycles. The fourth-order valence-electron chi connectivity index (χ4n) is 1.99. The molecule has 1 aliphatic rings. The van der Waals surface area contributed by atoms with Crippen molar-refractivity contribution in [2.75, 3.05) is 5.73 Å². The Kier molecular flexibility index (Phi) is 2.47. The molecule has 0 spiro atoms. The van der Waals surface area contributed by atoms with Gasteiger partial charge >= 0.3 is 5.69 Å². The van der Waals surface area contributed by atoms with Gasteiger partial charge in [0.05, 0.1) is 0 Å². The molecule has 0 atom stereocenters. The molecule has 1 heterocycles. The minimum Gasteiger partial charge on any atom is -0.368 e. The van der Waals surface area contributed by atoms with Crippen molar-refractivity contribution in [2.24, 2.45) is 0 Å². The van der Waals surface area contributed by atoms with E-state index in [1.165, 1.54) is 19.3 Å². The molecule has 5 heteroatoms. The van der Waals surface area contributed by atoms with Crippen molar-refractivity contribution in [3.05, 3.63) is 16.3 Å². The Labute approximate surface area is 81.8 Å². The van der Waals surface area contributed by atoms with Gasteiger partial charge in [0.1, 0.15) is 5.82 Å². The molecule has 0 amide bonds. The van der Waals surface area contributed by atoms with E-state index in [1.807, 2.05) is 0 Å². The highest BCUT2D eigenvalue weighted by Crippen LogP contribution is 2.29. The molecule has 0 unspecified atom stereocenters. The van der Waals surface area contributed by atoms with Crippen molar-refractivity contribution in [1.82, 2.24) is 15.0 Å². The van der Waals surface area contributed by atoms with Gasteiger partial charge in [-0.1, -0.05) is 19.3 Å². The molecule has 0 aromatic carbocycles. The molecular weight excluding hydrogens is 180 g/mol. The number of aromatic nitrogens is 3. The van der Waals surface area contributed by atoms with E-state index in [2.05, 4.69) is 15.0 Å². The van der Waals surface area contributed by atoms with Crippen LogP contribution in [-0.2, 0) is 0 Å². The Morgan fingerprint density at radius 1 is 1.21 bits per heavy atom. The summed E-state index contributed by atoms with van der Waals surface area (Å²) < 4.78 is 0. The first-order valence-electron chi connectivity index (χ1n) is 4.99. The van der Waals surface area contributed by atoms with E-state index in [-0.39, 0.29) is 5.95 Å². The monoisotopic (exact) mass is 194 g/mol. The quantitative estimate of drug-likeness (QED) is 0.692. The summed E-state index contributed by atoms with van der Waals surface area (Å²) in [7, 11) is 0. The van der Waals surface area contributed by atoms with Gasteiger partial charge in [0.15, 0.2) is 0 Å². The molecule has 1 saturated carbocycles. The summed E-state index contributed by atoms with van der Waals surface area (Å²) in [4.78, 5) is 21.3. The minimum absolute atomic E-state index is 0.0781. The van der Waals surface area contributed by atoms with E-state index >= 15 is 0 Å². The number of rotatable bonds is 1. The van der Waals surface area contributed by atoms with Crippen LogP contribution in [-0.4, -0.2) is 15.0 Å². The van der Waals surface area contributed by atoms with E-state index < -0.39 is 5.69 Å². The first kappa shape index (κ1) is 9.18. The third-order valence-corrected chi connectivity index (χ3v) is 2.68. The molecule has 1 fully saturated rings. The topological polar surface area (TPSA) is 84.7 Å². The number of hydrogen-bond acceptors (Lipinski definition) is 4. The summed E-state index contributed by atoms with van der Waals surface area (Å²) in [5, 5.41) is 0. The molecule has 1 aromatic rings. The third kappa shape index (κ3) is 1.92. The molecule has 2 rings (SSSR count). The predicted molar refractivity (Wildman–Crippen MR) is 52.9 cm³/mol. The molecule has 1 aliphatic carbocycles. The summed E-state index contributed by atoms with van der Waals surface area (Å²) in [6.45, 7) is 0.